The summed E-state index contributed by atoms with van der Waals surface area (Å²) in [5.41, 5.74) is -2.02. The van der Waals surface area contributed by atoms with E-state index in [1.807, 2.05) is 6.92 Å². The lowest BCUT2D eigenvalue weighted by atomic mass is 9.99. The van der Waals surface area contributed by atoms with Crippen molar-refractivity contribution in [3.8, 4) is 0 Å². The topological polar surface area (TPSA) is 62.1 Å². The van der Waals surface area contributed by atoms with Gasteiger partial charge in [-0.05, 0) is 17.5 Å². The third-order valence-corrected chi connectivity index (χ3v) is 3.48. The number of amides is 1. The van der Waals surface area contributed by atoms with Crippen LogP contribution in [0.4, 0.5) is 18.0 Å². The van der Waals surface area contributed by atoms with E-state index in [0.717, 1.165) is 19.1 Å². The number of hydrogen-bond acceptors (Lipinski definition) is 4. The van der Waals surface area contributed by atoms with Gasteiger partial charge in [0.2, 0.25) is 0 Å². The number of methoxy groups -OCH3 is 1. The number of hydrogen-bond donors (Lipinski definition) is 1. The molecule has 1 amide bonds. The van der Waals surface area contributed by atoms with Gasteiger partial charge in [-0.2, -0.15) is 23.3 Å². The van der Waals surface area contributed by atoms with E-state index in [-0.39, 0.29) is 10.7 Å². The van der Waals surface area contributed by atoms with Gasteiger partial charge in [-0.1, -0.05) is 31.2 Å². The van der Waals surface area contributed by atoms with E-state index in [9.17, 15) is 23.1 Å². The molecule has 0 saturated heterocycles. The Morgan fingerprint density at radius 1 is 1.41 bits per heavy atom. The Bertz CT molecular complexity index is 598. The van der Waals surface area contributed by atoms with Gasteiger partial charge in [0.15, 0.2) is 0 Å². The van der Waals surface area contributed by atoms with Crippen molar-refractivity contribution in [2.75, 3.05) is 7.11 Å². The van der Waals surface area contributed by atoms with E-state index < -0.39 is 24.4 Å². The van der Waals surface area contributed by atoms with Crippen LogP contribution in [0.15, 0.2) is 29.4 Å². The summed E-state index contributed by atoms with van der Waals surface area (Å²) in [4.78, 5) is 11.5. The Morgan fingerprint density at radius 3 is 2.45 bits per heavy atom. The average molecular weight is 316 g/mol. The Morgan fingerprint density at radius 2 is 2.00 bits per heavy atom. The summed E-state index contributed by atoms with van der Waals surface area (Å²) < 4.78 is 43.6. The highest BCUT2D eigenvalue weighted by Gasteiger charge is 2.63. The van der Waals surface area contributed by atoms with Gasteiger partial charge in [-0.3, -0.25) is 0 Å². The highest BCUT2D eigenvalue weighted by Crippen LogP contribution is 2.41. The normalized spacial score (nSPS) is 21.7. The Balaban J connectivity index is 2.40. The zero-order valence-electron chi connectivity index (χ0n) is 12.0. The molecule has 0 unspecified atom stereocenters. The molecule has 22 heavy (non-hydrogen) atoms. The molecule has 0 radical (unpaired) electrons. The number of halogens is 3. The second kappa shape index (κ2) is 5.60. The first-order valence-electron chi connectivity index (χ1n) is 6.57. The lowest BCUT2D eigenvalue weighted by Crippen LogP contribution is -2.56. The molecule has 1 aromatic carbocycles. The fourth-order valence-electron chi connectivity index (χ4n) is 2.14. The lowest BCUT2D eigenvalue weighted by molar-refractivity contribution is -0.299. The summed E-state index contributed by atoms with van der Waals surface area (Å²) in [6.45, 7) is 1.95. The summed E-state index contributed by atoms with van der Waals surface area (Å²) >= 11 is 0. The first-order valence-corrected chi connectivity index (χ1v) is 6.57. The van der Waals surface area contributed by atoms with Crippen LogP contribution in [0.25, 0.3) is 0 Å². The number of alkyl halides is 3. The predicted octanol–water partition coefficient (Wildman–Crippen LogP) is 2.68. The zero-order chi connectivity index (χ0) is 16.5. The van der Waals surface area contributed by atoms with Gasteiger partial charge < -0.3 is 9.84 Å². The Labute approximate surface area is 125 Å². The molecule has 0 aromatic heterocycles. The highest BCUT2D eigenvalue weighted by atomic mass is 19.4. The lowest BCUT2D eigenvalue weighted by Gasteiger charge is -2.31. The molecule has 0 bridgehead atoms. The first kappa shape index (κ1) is 16.3. The van der Waals surface area contributed by atoms with Gasteiger partial charge in [0.1, 0.15) is 0 Å². The van der Waals surface area contributed by atoms with Crippen molar-refractivity contribution in [1.29, 1.82) is 0 Å². The van der Waals surface area contributed by atoms with Crippen molar-refractivity contribution in [3.05, 3.63) is 35.4 Å². The molecule has 1 N–H and O–H groups in total. The van der Waals surface area contributed by atoms with E-state index in [1.165, 1.54) is 0 Å². The summed E-state index contributed by atoms with van der Waals surface area (Å²) in [6.07, 6.45) is -6.50. The summed E-state index contributed by atoms with van der Waals surface area (Å²) in [5, 5.41) is 13.5. The molecular weight excluding hydrogens is 301 g/mol. The van der Waals surface area contributed by atoms with E-state index in [0.29, 0.717) is 5.56 Å². The number of carbonyl (C=O) groups excluding carboxylic acids is 1. The van der Waals surface area contributed by atoms with Crippen LogP contribution in [0.1, 0.15) is 24.5 Å². The maximum Gasteiger partial charge on any atom is 0.439 e. The Kier molecular flexibility index (Phi) is 4.15. The van der Waals surface area contributed by atoms with Gasteiger partial charge in [0.25, 0.3) is 5.72 Å². The van der Waals surface area contributed by atoms with Gasteiger partial charge in [-0.25, -0.2) is 4.79 Å². The molecule has 8 heteroatoms. The highest BCUT2D eigenvalue weighted by molar-refractivity contribution is 6.03. The second-order valence-electron chi connectivity index (χ2n) is 4.87. The first-order chi connectivity index (χ1) is 10.2. The fraction of sp³-hybridized carbons (Fsp3) is 0.429. The van der Waals surface area contributed by atoms with Crippen LogP contribution < -0.4 is 0 Å². The molecular formula is C14H15F3N2O3. The number of nitrogens with zero attached hydrogens (tertiary/aromatic N) is 2. The number of carbonyl (C=O) groups is 1. The maximum atomic E-state index is 13.1. The monoisotopic (exact) mass is 316 g/mol. The van der Waals surface area contributed by atoms with Gasteiger partial charge in [-0.15, -0.1) is 0 Å². The largest absolute Gasteiger partial charge is 0.451 e. The molecule has 1 heterocycles. The van der Waals surface area contributed by atoms with Gasteiger partial charge >= 0.3 is 12.3 Å². The third kappa shape index (κ3) is 2.66. The molecule has 0 aliphatic carbocycles. The van der Waals surface area contributed by atoms with Gasteiger partial charge in [0, 0.05) is 0 Å². The van der Waals surface area contributed by atoms with Crippen LogP contribution in [0, 0.1) is 0 Å². The number of aliphatic hydroxyl groups is 1. The molecule has 5 nitrogen and oxygen atoms in total. The van der Waals surface area contributed by atoms with Crippen LogP contribution in [-0.2, 0) is 11.2 Å². The summed E-state index contributed by atoms with van der Waals surface area (Å²) in [7, 11) is 0.919. The smallest absolute Gasteiger partial charge is 0.439 e. The molecule has 2 rings (SSSR count). The Hall–Kier alpha value is -2.09. The average Bonchev–Trinajstić information content (AvgIpc) is 2.85. The van der Waals surface area contributed by atoms with Crippen molar-refractivity contribution in [2.24, 2.45) is 5.10 Å². The molecule has 1 atom stereocenters. The van der Waals surface area contributed by atoms with Crippen molar-refractivity contribution in [2.45, 2.75) is 31.7 Å². The maximum absolute atomic E-state index is 13.1. The third-order valence-electron chi connectivity index (χ3n) is 3.48. The quantitative estimate of drug-likeness (QED) is 0.912. The molecule has 1 aromatic rings. The minimum Gasteiger partial charge on any atom is -0.451 e. The number of hydrazone groups is 1. The molecule has 1 aliphatic heterocycles. The van der Waals surface area contributed by atoms with Crippen molar-refractivity contribution in [3.63, 3.8) is 0 Å². The van der Waals surface area contributed by atoms with E-state index in [4.69, 9.17) is 0 Å². The number of ether oxygens (including phenoxy) is 1. The van der Waals surface area contributed by atoms with Crippen LogP contribution in [0.2, 0.25) is 0 Å². The van der Waals surface area contributed by atoms with Crippen molar-refractivity contribution in [1.82, 2.24) is 5.01 Å². The van der Waals surface area contributed by atoms with Crippen LogP contribution >= 0.6 is 0 Å². The molecule has 0 saturated carbocycles. The van der Waals surface area contributed by atoms with Gasteiger partial charge in [0.05, 0.1) is 19.2 Å². The molecule has 0 fully saturated rings. The van der Waals surface area contributed by atoms with E-state index >= 15 is 0 Å². The second-order valence-corrected chi connectivity index (χ2v) is 4.87. The van der Waals surface area contributed by atoms with Crippen molar-refractivity contribution >= 4 is 11.8 Å². The zero-order valence-corrected chi connectivity index (χ0v) is 12.0. The van der Waals surface area contributed by atoms with E-state index in [2.05, 4.69) is 9.84 Å². The molecule has 0 spiro atoms. The number of aryl methyl sites for hydroxylation is 1. The summed E-state index contributed by atoms with van der Waals surface area (Å²) in [5.74, 6) is 0. The van der Waals surface area contributed by atoms with Crippen molar-refractivity contribution < 1.29 is 27.8 Å². The van der Waals surface area contributed by atoms with Crippen LogP contribution in [0.5, 0.6) is 0 Å². The standard InChI is InChI=1S/C14H15F3N2O3/c1-3-9-4-6-10(7-5-9)11-8-13(21,14(15,16)17)19(18-11)12(20)22-2/h4-7,21H,3,8H2,1-2H3/t13-/m1/s1. The fourth-order valence-corrected chi connectivity index (χ4v) is 2.14. The minimum atomic E-state index is -5.06. The predicted molar refractivity (Wildman–Crippen MR) is 72.2 cm³/mol. The summed E-state index contributed by atoms with van der Waals surface area (Å²) in [6, 6.07) is 6.72. The SMILES string of the molecule is CCc1ccc(C2=NN(C(=O)OC)[C@](O)(C(F)(F)F)C2)cc1. The molecule has 1 aliphatic rings. The number of benzene rings is 1. The van der Waals surface area contributed by atoms with E-state index in [1.54, 1.807) is 24.3 Å². The van der Waals surface area contributed by atoms with Crippen LogP contribution in [-0.4, -0.2) is 40.9 Å². The number of rotatable bonds is 2. The van der Waals surface area contributed by atoms with Crippen LogP contribution in [0.3, 0.4) is 0 Å². The molecule has 120 valence electrons. The minimum absolute atomic E-state index is 0.0344.